The number of aromatic nitrogens is 2. The quantitative estimate of drug-likeness (QED) is 0.386. The van der Waals surface area contributed by atoms with E-state index in [-0.39, 0.29) is 11.9 Å². The number of benzene rings is 2. The molecule has 0 radical (unpaired) electrons. The molecule has 1 atom stereocenters. The van der Waals surface area contributed by atoms with Crippen molar-refractivity contribution in [2.45, 2.75) is 19.9 Å². The van der Waals surface area contributed by atoms with Crippen molar-refractivity contribution in [2.24, 2.45) is 0 Å². The Hall–Kier alpha value is -4.28. The maximum absolute atomic E-state index is 13.3. The largest absolute Gasteiger partial charge is 0.492 e. The van der Waals surface area contributed by atoms with Gasteiger partial charge in [-0.3, -0.25) is 4.79 Å². The fourth-order valence-electron chi connectivity index (χ4n) is 3.95. The summed E-state index contributed by atoms with van der Waals surface area (Å²) in [6.07, 6.45) is 1.65. The summed E-state index contributed by atoms with van der Waals surface area (Å²) in [7, 11) is 3.98. The van der Waals surface area contributed by atoms with Crippen LogP contribution in [-0.2, 0) is 0 Å². The summed E-state index contributed by atoms with van der Waals surface area (Å²) in [5.74, 6) is 0.505. The van der Waals surface area contributed by atoms with Gasteiger partial charge in [-0.25, -0.2) is 9.97 Å². The number of likely N-dealkylation sites (N-methyl/N-ethyl adjacent to an activating group) is 1. The topological polar surface area (TPSA) is 91.1 Å². The van der Waals surface area contributed by atoms with Gasteiger partial charge in [0.15, 0.2) is 0 Å². The number of rotatable bonds is 8. The molecular weight excluding hydrogens is 450 g/mol. The second-order valence-corrected chi connectivity index (χ2v) is 8.98. The Labute approximate surface area is 211 Å². The van der Waals surface area contributed by atoms with Gasteiger partial charge >= 0.3 is 0 Å². The maximum atomic E-state index is 13.3. The van der Waals surface area contributed by atoms with Gasteiger partial charge in [-0.1, -0.05) is 24.3 Å². The van der Waals surface area contributed by atoms with Crippen LogP contribution in [0.4, 0.5) is 0 Å². The molecule has 0 saturated carbocycles. The average Bonchev–Trinajstić information content (AvgIpc) is 2.88. The van der Waals surface area contributed by atoms with E-state index in [0.717, 1.165) is 39.8 Å². The first-order valence-electron chi connectivity index (χ1n) is 11.8. The highest BCUT2D eigenvalue weighted by atomic mass is 16.5. The van der Waals surface area contributed by atoms with E-state index in [0.29, 0.717) is 23.6 Å². The molecule has 1 amide bonds. The molecule has 182 valence electrons. The molecule has 2 aromatic heterocycles. The minimum absolute atomic E-state index is 0.166. The van der Waals surface area contributed by atoms with E-state index in [1.54, 1.807) is 18.3 Å². The van der Waals surface area contributed by atoms with Gasteiger partial charge in [-0.2, -0.15) is 5.26 Å². The maximum Gasteiger partial charge on any atom is 0.252 e. The van der Waals surface area contributed by atoms with Crippen molar-refractivity contribution in [2.75, 3.05) is 27.2 Å². The van der Waals surface area contributed by atoms with Crippen LogP contribution in [0.25, 0.3) is 22.2 Å². The van der Waals surface area contributed by atoms with Gasteiger partial charge in [0.05, 0.1) is 17.3 Å². The first kappa shape index (κ1) is 24.8. The Morgan fingerprint density at radius 1 is 1.14 bits per heavy atom. The zero-order chi connectivity index (χ0) is 25.7. The molecular formula is C29H29N5O2. The summed E-state index contributed by atoms with van der Waals surface area (Å²) < 4.78 is 5.84. The number of hydrogen-bond donors (Lipinski definition) is 1. The SMILES string of the molecule is Cc1ccc(OCCN(C)C)cc1C(=O)NC(C)c1cc(-c2ccc(C#N)nc2)nc2ccccc12. The van der Waals surface area contributed by atoms with Crippen molar-refractivity contribution in [3.8, 4) is 23.1 Å². The molecule has 7 heteroatoms. The molecule has 36 heavy (non-hydrogen) atoms. The highest BCUT2D eigenvalue weighted by Crippen LogP contribution is 2.29. The van der Waals surface area contributed by atoms with Crippen LogP contribution in [0.1, 0.15) is 40.1 Å². The van der Waals surface area contributed by atoms with E-state index in [4.69, 9.17) is 15.0 Å². The van der Waals surface area contributed by atoms with Crippen LogP contribution in [0.15, 0.2) is 66.9 Å². The molecule has 0 aliphatic carbocycles. The van der Waals surface area contributed by atoms with Crippen molar-refractivity contribution in [3.05, 3.63) is 89.2 Å². The normalized spacial score (nSPS) is 11.8. The first-order chi connectivity index (χ1) is 17.4. The van der Waals surface area contributed by atoms with Gasteiger partial charge in [0.2, 0.25) is 0 Å². The number of nitriles is 1. The summed E-state index contributed by atoms with van der Waals surface area (Å²) in [5.41, 5.74) is 5.12. The van der Waals surface area contributed by atoms with E-state index < -0.39 is 0 Å². The number of fused-ring (bicyclic) bond motifs is 1. The monoisotopic (exact) mass is 479 g/mol. The lowest BCUT2D eigenvalue weighted by Crippen LogP contribution is -2.27. The minimum Gasteiger partial charge on any atom is -0.492 e. The predicted octanol–water partition coefficient (Wildman–Crippen LogP) is 4.91. The summed E-state index contributed by atoms with van der Waals surface area (Å²) in [4.78, 5) is 24.3. The average molecular weight is 480 g/mol. The lowest BCUT2D eigenvalue weighted by molar-refractivity contribution is 0.0939. The Kier molecular flexibility index (Phi) is 7.57. The van der Waals surface area contributed by atoms with Crippen LogP contribution in [0.3, 0.4) is 0 Å². The molecule has 0 saturated heterocycles. The van der Waals surface area contributed by atoms with E-state index in [1.165, 1.54) is 0 Å². The number of carbonyl (C=O) groups excluding carboxylic acids is 1. The van der Waals surface area contributed by atoms with Crippen molar-refractivity contribution >= 4 is 16.8 Å². The molecule has 1 N–H and O–H groups in total. The van der Waals surface area contributed by atoms with Crippen molar-refractivity contribution in [1.82, 2.24) is 20.2 Å². The second-order valence-electron chi connectivity index (χ2n) is 8.98. The lowest BCUT2D eigenvalue weighted by Gasteiger charge is -2.19. The number of carbonyl (C=O) groups is 1. The van der Waals surface area contributed by atoms with Crippen molar-refractivity contribution in [3.63, 3.8) is 0 Å². The smallest absolute Gasteiger partial charge is 0.252 e. The fraction of sp³-hybridized carbons (Fsp3) is 0.241. The molecule has 0 bridgehead atoms. The van der Waals surface area contributed by atoms with Gasteiger partial charge in [-0.05, 0) is 75.5 Å². The third-order valence-corrected chi connectivity index (χ3v) is 6.00. The lowest BCUT2D eigenvalue weighted by atomic mass is 9.99. The number of amides is 1. The zero-order valence-electron chi connectivity index (χ0n) is 20.9. The molecule has 2 heterocycles. The van der Waals surface area contributed by atoms with Crippen molar-refractivity contribution in [1.29, 1.82) is 5.26 Å². The van der Waals surface area contributed by atoms with Gasteiger partial charge in [-0.15, -0.1) is 0 Å². The summed E-state index contributed by atoms with van der Waals surface area (Å²) >= 11 is 0. The van der Waals surface area contributed by atoms with E-state index in [2.05, 4.69) is 10.3 Å². The second kappa shape index (κ2) is 11.0. The third-order valence-electron chi connectivity index (χ3n) is 6.00. The van der Waals surface area contributed by atoms with Gasteiger partial charge in [0.1, 0.15) is 24.1 Å². The molecule has 2 aromatic carbocycles. The molecule has 0 aliphatic heterocycles. The van der Waals surface area contributed by atoms with E-state index >= 15 is 0 Å². The van der Waals surface area contributed by atoms with E-state index in [1.807, 2.05) is 87.4 Å². The number of hydrogen-bond acceptors (Lipinski definition) is 6. The van der Waals surface area contributed by atoms with Crippen LogP contribution >= 0.6 is 0 Å². The molecule has 0 aliphatic rings. The molecule has 0 fully saturated rings. The summed E-state index contributed by atoms with van der Waals surface area (Å²) in [6.45, 7) is 5.22. The number of nitrogens with zero attached hydrogens (tertiary/aromatic N) is 4. The number of pyridine rings is 2. The molecule has 0 spiro atoms. The van der Waals surface area contributed by atoms with Crippen LogP contribution in [-0.4, -0.2) is 48.0 Å². The minimum atomic E-state index is -0.284. The molecule has 1 unspecified atom stereocenters. The Balaban J connectivity index is 1.62. The summed E-state index contributed by atoms with van der Waals surface area (Å²) in [6, 6.07) is 20.7. The Morgan fingerprint density at radius 3 is 2.67 bits per heavy atom. The Bertz CT molecular complexity index is 1420. The van der Waals surface area contributed by atoms with Crippen LogP contribution in [0.5, 0.6) is 5.75 Å². The highest BCUT2D eigenvalue weighted by Gasteiger charge is 2.18. The van der Waals surface area contributed by atoms with Crippen molar-refractivity contribution < 1.29 is 9.53 Å². The highest BCUT2D eigenvalue weighted by molar-refractivity contribution is 5.96. The molecule has 4 aromatic rings. The van der Waals surface area contributed by atoms with Crippen LogP contribution < -0.4 is 10.1 Å². The standard InChI is InChI=1S/C29H29N5O2/c1-19-9-12-23(36-14-13-34(3)4)15-25(19)29(35)32-20(2)26-16-28(21-10-11-22(17-30)31-18-21)33-27-8-6-5-7-24(26)27/h5-12,15-16,18,20H,13-14H2,1-4H3,(H,32,35). The number of ether oxygens (including phenoxy) is 1. The number of para-hydroxylation sites is 1. The molecule has 4 rings (SSSR count). The van der Waals surface area contributed by atoms with Gasteiger partial charge < -0.3 is 15.0 Å². The Morgan fingerprint density at radius 2 is 1.94 bits per heavy atom. The molecule has 7 nitrogen and oxygen atoms in total. The fourth-order valence-corrected chi connectivity index (χ4v) is 3.95. The van der Waals surface area contributed by atoms with E-state index in [9.17, 15) is 4.79 Å². The third kappa shape index (κ3) is 5.68. The summed E-state index contributed by atoms with van der Waals surface area (Å²) in [5, 5.41) is 13.2. The van der Waals surface area contributed by atoms with Gasteiger partial charge in [0.25, 0.3) is 5.91 Å². The van der Waals surface area contributed by atoms with Crippen LogP contribution in [0.2, 0.25) is 0 Å². The van der Waals surface area contributed by atoms with Gasteiger partial charge in [0, 0.05) is 29.3 Å². The number of nitrogens with one attached hydrogen (secondary N) is 1. The van der Waals surface area contributed by atoms with Crippen LogP contribution in [0, 0.1) is 18.3 Å². The number of aryl methyl sites for hydroxylation is 1. The predicted molar refractivity (Wildman–Crippen MR) is 141 cm³/mol. The zero-order valence-corrected chi connectivity index (χ0v) is 20.9. The first-order valence-corrected chi connectivity index (χ1v) is 11.8.